The van der Waals surface area contributed by atoms with Gasteiger partial charge in [-0.25, -0.2) is 14.2 Å². The van der Waals surface area contributed by atoms with Crippen LogP contribution in [0.4, 0.5) is 15.9 Å². The van der Waals surface area contributed by atoms with E-state index in [-0.39, 0.29) is 7.34 Å². The Balaban J connectivity index is 0.00000300. The van der Waals surface area contributed by atoms with E-state index >= 15 is 0 Å². The predicted molar refractivity (Wildman–Crippen MR) is 116 cm³/mol. The van der Waals surface area contributed by atoms with Gasteiger partial charge in [0.25, 0.3) is 0 Å². The molecule has 0 aliphatic carbocycles. The molecule has 0 spiro atoms. The quantitative estimate of drug-likeness (QED) is 0.374. The Kier molecular flexibility index (Phi) is 5.16. The fourth-order valence-electron chi connectivity index (χ4n) is 3.04. The van der Waals surface area contributed by atoms with E-state index in [1.54, 1.807) is 30.7 Å². The van der Waals surface area contributed by atoms with Crippen molar-refractivity contribution in [2.75, 3.05) is 18.2 Å². The number of rotatable bonds is 4. The van der Waals surface area contributed by atoms with Crippen LogP contribution < -0.4 is 5.73 Å². The van der Waals surface area contributed by atoms with Crippen molar-refractivity contribution in [3.63, 3.8) is 0 Å². The summed E-state index contributed by atoms with van der Waals surface area (Å²) in [5, 5.41) is 9.03. The average molecular weight is 402 g/mol. The molecule has 0 unspecified atom stereocenters. The Bertz CT molecular complexity index is 1190. The van der Waals surface area contributed by atoms with E-state index in [2.05, 4.69) is 9.35 Å². The van der Waals surface area contributed by atoms with Gasteiger partial charge in [-0.05, 0) is 35.6 Å². The Morgan fingerprint density at radius 3 is 2.54 bits per heavy atom. The van der Waals surface area contributed by atoms with Crippen molar-refractivity contribution < 1.29 is 10.0 Å². The zero-order valence-corrected chi connectivity index (χ0v) is 17.0. The van der Waals surface area contributed by atoms with Crippen LogP contribution in [-0.4, -0.2) is 32.9 Å². The molecule has 0 radical (unpaired) electrons. The Morgan fingerprint density at radius 2 is 2.00 bits per heavy atom. The van der Waals surface area contributed by atoms with Gasteiger partial charge in [-0.1, -0.05) is 13.8 Å². The first-order valence-corrected chi connectivity index (χ1v) is 11.0. The molecule has 0 fully saturated rings. The number of anilines is 1. The Morgan fingerprint density at radius 1 is 1.29 bits per heavy atom. The molecular formula is C20H24FN5OS. The zero-order valence-electron chi connectivity index (χ0n) is 16.2. The third kappa shape index (κ3) is 3.87. The second-order valence-electron chi connectivity index (χ2n) is 7.16. The number of fused-ring (bicyclic) bond motifs is 1. The minimum Gasteiger partial charge on any atom is -0.398 e. The monoisotopic (exact) mass is 401 g/mol. The standard InChI is InChI=1S/C20H22FN5OS.H2/c1-11(2)19-18(12-5-6-17(21)24-10-12)14-7-13(9-22)16(23)8-15(14)20(25-19)26-28(3,4)27;/h5-11,22H,23H2,1-4H3;1H. The van der Waals surface area contributed by atoms with Gasteiger partial charge in [-0.3, -0.25) is 0 Å². The van der Waals surface area contributed by atoms with Gasteiger partial charge < -0.3 is 11.1 Å². The highest BCUT2D eigenvalue weighted by Gasteiger charge is 2.20. The van der Waals surface area contributed by atoms with Crippen LogP contribution >= 0.6 is 0 Å². The van der Waals surface area contributed by atoms with Crippen molar-refractivity contribution in [2.24, 2.45) is 4.36 Å². The number of nitrogens with zero attached hydrogens (tertiary/aromatic N) is 3. The highest BCUT2D eigenvalue weighted by atomic mass is 32.2. The maximum Gasteiger partial charge on any atom is 0.212 e. The SMILES string of the molecule is CC(C)c1nc(N=S(C)(C)=O)c2cc(N)c(C=N)cc2c1-c1ccc(F)nc1.[HH]. The molecule has 8 heteroatoms. The molecule has 3 rings (SSSR count). The van der Waals surface area contributed by atoms with Gasteiger partial charge in [0.05, 0.1) is 5.69 Å². The normalized spacial score (nSPS) is 11.8. The van der Waals surface area contributed by atoms with E-state index in [4.69, 9.17) is 16.1 Å². The molecule has 0 saturated carbocycles. The minimum atomic E-state index is -2.46. The average Bonchev–Trinajstić information content (AvgIpc) is 2.61. The van der Waals surface area contributed by atoms with Gasteiger partial charge in [0.2, 0.25) is 5.95 Å². The maximum absolute atomic E-state index is 13.4. The van der Waals surface area contributed by atoms with Gasteiger partial charge in [0.1, 0.15) is 0 Å². The number of nitrogens with two attached hydrogens (primary N) is 1. The molecule has 0 atom stereocenters. The predicted octanol–water partition coefficient (Wildman–Crippen LogP) is 4.74. The molecule has 0 aliphatic rings. The van der Waals surface area contributed by atoms with Crippen LogP contribution in [0.15, 0.2) is 34.8 Å². The van der Waals surface area contributed by atoms with Gasteiger partial charge in [-0.15, -0.1) is 0 Å². The fourth-order valence-corrected chi connectivity index (χ4v) is 3.60. The summed E-state index contributed by atoms with van der Waals surface area (Å²) in [6.07, 6.45) is 5.72. The molecule has 0 aliphatic heterocycles. The smallest absolute Gasteiger partial charge is 0.212 e. The largest absolute Gasteiger partial charge is 0.398 e. The number of aromatic nitrogens is 2. The van der Waals surface area contributed by atoms with Crippen LogP contribution in [0.2, 0.25) is 0 Å². The summed E-state index contributed by atoms with van der Waals surface area (Å²) < 4.78 is 30.1. The Hall–Kier alpha value is -2.87. The first-order valence-electron chi connectivity index (χ1n) is 8.67. The lowest BCUT2D eigenvalue weighted by atomic mass is 9.92. The van der Waals surface area contributed by atoms with Crippen molar-refractivity contribution in [2.45, 2.75) is 19.8 Å². The van der Waals surface area contributed by atoms with Crippen LogP contribution in [0.1, 0.15) is 32.4 Å². The van der Waals surface area contributed by atoms with Crippen LogP contribution in [0.3, 0.4) is 0 Å². The summed E-state index contributed by atoms with van der Waals surface area (Å²) in [6, 6.07) is 6.42. The van der Waals surface area contributed by atoms with Gasteiger partial charge in [-0.2, -0.15) is 8.75 Å². The fraction of sp³-hybridized carbons (Fsp3) is 0.250. The highest BCUT2D eigenvalue weighted by Crippen LogP contribution is 2.40. The minimum absolute atomic E-state index is 0. The molecule has 148 valence electrons. The molecule has 6 nitrogen and oxygen atoms in total. The summed E-state index contributed by atoms with van der Waals surface area (Å²) in [5.74, 6) is -0.209. The van der Waals surface area contributed by atoms with Crippen molar-refractivity contribution in [1.29, 1.82) is 5.41 Å². The van der Waals surface area contributed by atoms with E-state index in [9.17, 15) is 8.60 Å². The maximum atomic E-state index is 13.4. The van der Waals surface area contributed by atoms with E-state index < -0.39 is 15.7 Å². The van der Waals surface area contributed by atoms with E-state index in [1.165, 1.54) is 18.5 Å². The molecular weight excluding hydrogens is 377 g/mol. The number of benzene rings is 1. The molecule has 3 aromatic rings. The number of hydrogen-bond acceptors (Lipinski definition) is 6. The second-order valence-corrected chi connectivity index (χ2v) is 9.71. The van der Waals surface area contributed by atoms with Crippen LogP contribution in [0, 0.1) is 11.4 Å². The van der Waals surface area contributed by atoms with E-state index in [1.807, 2.05) is 13.8 Å². The summed E-state index contributed by atoms with van der Waals surface area (Å²) in [7, 11) is -2.46. The lowest BCUT2D eigenvalue weighted by Gasteiger charge is -2.18. The lowest BCUT2D eigenvalue weighted by molar-refractivity contribution is 0.584. The first kappa shape index (κ1) is 19.9. The van der Waals surface area contributed by atoms with Crippen molar-refractivity contribution in [3.05, 3.63) is 47.7 Å². The molecule has 28 heavy (non-hydrogen) atoms. The topological polar surface area (TPSA) is 105 Å². The van der Waals surface area contributed by atoms with Crippen LogP contribution in [0.25, 0.3) is 21.9 Å². The lowest BCUT2D eigenvalue weighted by Crippen LogP contribution is -2.02. The molecule has 0 amide bonds. The van der Waals surface area contributed by atoms with Gasteiger partial charge >= 0.3 is 0 Å². The summed E-state index contributed by atoms with van der Waals surface area (Å²) in [4.78, 5) is 8.47. The molecule has 1 aromatic carbocycles. The van der Waals surface area contributed by atoms with Crippen molar-refractivity contribution >= 4 is 38.2 Å². The summed E-state index contributed by atoms with van der Waals surface area (Å²) in [6.45, 7) is 3.98. The summed E-state index contributed by atoms with van der Waals surface area (Å²) in [5.41, 5.74) is 9.23. The highest BCUT2D eigenvalue weighted by molar-refractivity contribution is 7.92. The second kappa shape index (κ2) is 7.27. The van der Waals surface area contributed by atoms with Crippen LogP contribution in [-0.2, 0) is 9.73 Å². The number of pyridine rings is 2. The van der Waals surface area contributed by atoms with Crippen molar-refractivity contribution in [3.8, 4) is 11.1 Å². The molecule has 0 bridgehead atoms. The molecule has 0 saturated heterocycles. The third-order valence-electron chi connectivity index (χ3n) is 4.24. The van der Waals surface area contributed by atoms with Crippen LogP contribution in [0.5, 0.6) is 0 Å². The number of hydrogen-bond donors (Lipinski definition) is 2. The number of halogens is 1. The zero-order chi connectivity index (χ0) is 20.6. The molecule has 2 heterocycles. The van der Waals surface area contributed by atoms with Crippen molar-refractivity contribution in [1.82, 2.24) is 9.97 Å². The van der Waals surface area contributed by atoms with E-state index in [0.717, 1.165) is 16.6 Å². The number of nitrogens with one attached hydrogen (secondary N) is 1. The molecule has 3 N–H and O–H groups in total. The third-order valence-corrected chi connectivity index (χ3v) is 4.85. The molecule has 2 aromatic heterocycles. The van der Waals surface area contributed by atoms with Gasteiger partial charge in [0.15, 0.2) is 5.82 Å². The summed E-state index contributed by atoms with van der Waals surface area (Å²) >= 11 is 0. The first-order chi connectivity index (χ1) is 13.1. The Labute approximate surface area is 165 Å². The van der Waals surface area contributed by atoms with Gasteiger partial charge in [0, 0.05) is 63.8 Å². The van der Waals surface area contributed by atoms with E-state index in [0.29, 0.717) is 28.0 Å². The number of nitrogen functional groups attached to an aromatic ring is 1.